The van der Waals surface area contributed by atoms with E-state index < -0.39 is 0 Å². The maximum atomic E-state index is 5.30. The van der Waals surface area contributed by atoms with Crippen molar-refractivity contribution in [2.24, 2.45) is 0 Å². The number of nitrogens with one attached hydrogen (secondary N) is 1. The van der Waals surface area contributed by atoms with Crippen LogP contribution >= 0.6 is 0 Å². The van der Waals surface area contributed by atoms with Crippen molar-refractivity contribution in [2.45, 2.75) is 6.04 Å². The molecule has 2 heterocycles. The van der Waals surface area contributed by atoms with Gasteiger partial charge < -0.3 is 15.0 Å². The lowest BCUT2D eigenvalue weighted by atomic mass is 10.1. The Bertz CT molecular complexity index is 410. The molecule has 18 heavy (non-hydrogen) atoms. The maximum Gasteiger partial charge on any atom is 0.120 e. The molecule has 0 spiro atoms. The summed E-state index contributed by atoms with van der Waals surface area (Å²) >= 11 is 0. The van der Waals surface area contributed by atoms with Crippen LogP contribution in [0.5, 0.6) is 5.75 Å². The summed E-state index contributed by atoms with van der Waals surface area (Å²) in [6.07, 6.45) is 0. The normalized spacial score (nSPS) is 24.7. The molecule has 2 fully saturated rings. The van der Waals surface area contributed by atoms with Gasteiger partial charge in [0.2, 0.25) is 0 Å². The molecule has 1 N–H and O–H groups in total. The van der Waals surface area contributed by atoms with Crippen molar-refractivity contribution >= 4 is 5.69 Å². The highest BCUT2D eigenvalue weighted by Gasteiger charge is 2.28. The zero-order valence-electron chi connectivity index (χ0n) is 10.9. The van der Waals surface area contributed by atoms with Crippen molar-refractivity contribution in [3.8, 4) is 5.75 Å². The minimum Gasteiger partial charge on any atom is -0.497 e. The van der Waals surface area contributed by atoms with Crippen LogP contribution in [0.3, 0.4) is 0 Å². The summed E-state index contributed by atoms with van der Waals surface area (Å²) in [5.41, 5.74) is 1.28. The second-order valence-corrected chi connectivity index (χ2v) is 5.04. The molecule has 0 aliphatic carbocycles. The molecule has 0 amide bonds. The first-order valence-corrected chi connectivity index (χ1v) is 6.70. The zero-order chi connectivity index (χ0) is 12.4. The van der Waals surface area contributed by atoms with Crippen LogP contribution in [0.4, 0.5) is 5.69 Å². The van der Waals surface area contributed by atoms with E-state index in [9.17, 15) is 0 Å². The van der Waals surface area contributed by atoms with E-state index in [0.29, 0.717) is 6.04 Å². The fraction of sp³-hybridized carbons (Fsp3) is 0.571. The van der Waals surface area contributed by atoms with Crippen LogP contribution < -0.4 is 15.0 Å². The molecule has 0 saturated carbocycles. The minimum absolute atomic E-state index is 0.652. The highest BCUT2D eigenvalue weighted by Crippen LogP contribution is 2.23. The van der Waals surface area contributed by atoms with E-state index in [0.717, 1.165) is 31.9 Å². The van der Waals surface area contributed by atoms with E-state index in [1.54, 1.807) is 7.11 Å². The highest BCUT2D eigenvalue weighted by atomic mass is 16.5. The lowest BCUT2D eigenvalue weighted by molar-refractivity contribution is 0.146. The molecule has 0 bridgehead atoms. The third-order valence-corrected chi connectivity index (χ3v) is 3.98. The summed E-state index contributed by atoms with van der Waals surface area (Å²) < 4.78 is 5.30. The Balaban J connectivity index is 1.72. The summed E-state index contributed by atoms with van der Waals surface area (Å²) in [5, 5.41) is 3.49. The van der Waals surface area contributed by atoms with Crippen LogP contribution in [0.2, 0.25) is 0 Å². The summed E-state index contributed by atoms with van der Waals surface area (Å²) in [7, 11) is 1.72. The predicted octanol–water partition coefficient (Wildman–Crippen LogP) is 0.789. The van der Waals surface area contributed by atoms with Crippen molar-refractivity contribution in [1.29, 1.82) is 0 Å². The Morgan fingerprint density at radius 3 is 3.11 bits per heavy atom. The van der Waals surface area contributed by atoms with Crippen LogP contribution in [-0.4, -0.2) is 57.3 Å². The number of hydrogen-bond donors (Lipinski definition) is 1. The molecule has 4 nitrogen and oxygen atoms in total. The number of fused-ring (bicyclic) bond motifs is 1. The number of methoxy groups -OCH3 is 1. The molecular weight excluding hydrogens is 226 g/mol. The molecule has 2 saturated heterocycles. The third kappa shape index (κ3) is 2.31. The Labute approximate surface area is 109 Å². The van der Waals surface area contributed by atoms with Gasteiger partial charge in [0.25, 0.3) is 0 Å². The van der Waals surface area contributed by atoms with E-state index in [-0.39, 0.29) is 0 Å². The number of hydrogen-bond acceptors (Lipinski definition) is 4. The molecule has 1 aromatic carbocycles. The van der Waals surface area contributed by atoms with Gasteiger partial charge in [0.05, 0.1) is 7.11 Å². The first-order valence-electron chi connectivity index (χ1n) is 6.70. The van der Waals surface area contributed by atoms with Crippen LogP contribution in [-0.2, 0) is 0 Å². The van der Waals surface area contributed by atoms with E-state index in [1.165, 1.54) is 18.8 Å². The summed E-state index contributed by atoms with van der Waals surface area (Å²) in [5.74, 6) is 0.941. The van der Waals surface area contributed by atoms with Gasteiger partial charge in [-0.2, -0.15) is 0 Å². The molecule has 0 aromatic heterocycles. The minimum atomic E-state index is 0.652. The predicted molar refractivity (Wildman–Crippen MR) is 73.4 cm³/mol. The zero-order valence-corrected chi connectivity index (χ0v) is 10.9. The van der Waals surface area contributed by atoms with Crippen LogP contribution in [0, 0.1) is 0 Å². The average Bonchev–Trinajstić information content (AvgIpc) is 2.47. The lowest BCUT2D eigenvalue weighted by Crippen LogP contribution is -2.61. The second kappa shape index (κ2) is 5.16. The van der Waals surface area contributed by atoms with Crippen molar-refractivity contribution in [2.75, 3.05) is 51.3 Å². The first-order chi connectivity index (χ1) is 8.86. The highest BCUT2D eigenvalue weighted by molar-refractivity contribution is 5.51. The lowest BCUT2D eigenvalue weighted by Gasteiger charge is -2.45. The molecule has 1 unspecified atom stereocenters. The Kier molecular flexibility index (Phi) is 3.39. The molecule has 2 aliphatic heterocycles. The standard InChI is InChI=1S/C14H21N3O/c1-18-14-4-2-3-12(9-14)17-8-7-16-6-5-15-10-13(16)11-17/h2-4,9,13,15H,5-8,10-11H2,1H3. The van der Waals surface area contributed by atoms with E-state index in [1.807, 2.05) is 6.07 Å². The monoisotopic (exact) mass is 247 g/mol. The SMILES string of the molecule is COc1cccc(N2CCN3CCNCC3C2)c1. The van der Waals surface area contributed by atoms with Gasteiger partial charge in [-0.1, -0.05) is 6.07 Å². The van der Waals surface area contributed by atoms with Crippen molar-refractivity contribution < 1.29 is 4.74 Å². The molecule has 2 aliphatic rings. The second-order valence-electron chi connectivity index (χ2n) is 5.04. The van der Waals surface area contributed by atoms with Gasteiger partial charge in [0, 0.05) is 57.1 Å². The van der Waals surface area contributed by atoms with Crippen LogP contribution in [0.15, 0.2) is 24.3 Å². The Hall–Kier alpha value is -1.26. The quantitative estimate of drug-likeness (QED) is 0.836. The number of anilines is 1. The summed E-state index contributed by atoms with van der Waals surface area (Å²) in [6.45, 7) is 6.83. The maximum absolute atomic E-state index is 5.30. The molecular formula is C14H21N3O. The molecule has 1 aromatic rings. The number of ether oxygens (including phenoxy) is 1. The smallest absolute Gasteiger partial charge is 0.120 e. The van der Waals surface area contributed by atoms with E-state index in [2.05, 4.69) is 33.3 Å². The summed E-state index contributed by atoms with van der Waals surface area (Å²) in [6, 6.07) is 9.03. The van der Waals surface area contributed by atoms with Crippen LogP contribution in [0.25, 0.3) is 0 Å². The van der Waals surface area contributed by atoms with Gasteiger partial charge in [0.1, 0.15) is 5.75 Å². The first kappa shape index (κ1) is 11.8. The molecule has 3 rings (SSSR count). The van der Waals surface area contributed by atoms with Crippen LogP contribution in [0.1, 0.15) is 0 Å². The topological polar surface area (TPSA) is 27.7 Å². The number of benzene rings is 1. The van der Waals surface area contributed by atoms with Gasteiger partial charge in [-0.25, -0.2) is 0 Å². The fourth-order valence-corrected chi connectivity index (χ4v) is 2.91. The third-order valence-electron chi connectivity index (χ3n) is 3.98. The Morgan fingerprint density at radius 2 is 2.22 bits per heavy atom. The fourth-order valence-electron chi connectivity index (χ4n) is 2.91. The van der Waals surface area contributed by atoms with Gasteiger partial charge in [-0.05, 0) is 12.1 Å². The van der Waals surface area contributed by atoms with Crippen molar-refractivity contribution in [3.05, 3.63) is 24.3 Å². The molecule has 4 heteroatoms. The van der Waals surface area contributed by atoms with Crippen molar-refractivity contribution in [3.63, 3.8) is 0 Å². The Morgan fingerprint density at radius 1 is 1.28 bits per heavy atom. The summed E-state index contributed by atoms with van der Waals surface area (Å²) in [4.78, 5) is 5.07. The van der Waals surface area contributed by atoms with Crippen molar-refractivity contribution in [1.82, 2.24) is 10.2 Å². The number of nitrogens with zero attached hydrogens (tertiary/aromatic N) is 2. The van der Waals surface area contributed by atoms with E-state index >= 15 is 0 Å². The number of piperazine rings is 2. The van der Waals surface area contributed by atoms with Gasteiger partial charge in [0.15, 0.2) is 0 Å². The van der Waals surface area contributed by atoms with Gasteiger partial charge >= 0.3 is 0 Å². The van der Waals surface area contributed by atoms with Gasteiger partial charge in [-0.15, -0.1) is 0 Å². The average molecular weight is 247 g/mol. The van der Waals surface area contributed by atoms with Gasteiger partial charge in [-0.3, -0.25) is 4.90 Å². The molecule has 1 atom stereocenters. The molecule has 98 valence electrons. The largest absolute Gasteiger partial charge is 0.497 e. The number of rotatable bonds is 2. The molecule has 0 radical (unpaired) electrons. The van der Waals surface area contributed by atoms with E-state index in [4.69, 9.17) is 4.74 Å².